The van der Waals surface area contributed by atoms with Crippen molar-refractivity contribution in [3.05, 3.63) is 161 Å². The number of carbonyl (C=O) groups excluding carboxylic acids is 3. The fourth-order valence-electron chi connectivity index (χ4n) is 10.7. The second-order valence-corrected chi connectivity index (χ2v) is 34.3. The Labute approximate surface area is 537 Å². The molecule has 0 aromatic heterocycles. The summed E-state index contributed by atoms with van der Waals surface area (Å²) in [7, 11) is -11.2. The van der Waals surface area contributed by atoms with Crippen LogP contribution in [0.3, 0.4) is 0 Å². The van der Waals surface area contributed by atoms with Crippen molar-refractivity contribution >= 4 is 92.1 Å². The van der Waals surface area contributed by atoms with Gasteiger partial charge in [0.05, 0.1) is 29.2 Å². The quantitative estimate of drug-likeness (QED) is 0.0239. The first-order valence-electron chi connectivity index (χ1n) is 30.1. The molecule has 484 valence electrons. The van der Waals surface area contributed by atoms with Gasteiger partial charge in [0.25, 0.3) is 31.7 Å². The number of aliphatic hydroxyl groups is 1. The van der Waals surface area contributed by atoms with Crippen molar-refractivity contribution in [1.82, 2.24) is 9.62 Å². The van der Waals surface area contributed by atoms with E-state index in [1.165, 1.54) is 23.9 Å². The Morgan fingerprint density at radius 3 is 1.97 bits per heavy atom. The average molecular weight is 1330 g/mol. The van der Waals surface area contributed by atoms with Gasteiger partial charge in [0.2, 0.25) is 0 Å². The van der Waals surface area contributed by atoms with Crippen molar-refractivity contribution in [2.75, 3.05) is 85.7 Å². The lowest BCUT2D eigenvalue weighted by Gasteiger charge is -2.36. The first kappa shape index (κ1) is 69.4. The van der Waals surface area contributed by atoms with Gasteiger partial charge in [-0.25, -0.2) is 21.6 Å². The van der Waals surface area contributed by atoms with Crippen LogP contribution in [0.15, 0.2) is 154 Å². The molecule has 90 heavy (non-hydrogen) atoms. The van der Waals surface area contributed by atoms with Crippen molar-refractivity contribution in [2.24, 2.45) is 11.8 Å². The number of benzene rings is 6. The number of nitrogens with one attached hydrogen (secondary N) is 3. The summed E-state index contributed by atoms with van der Waals surface area (Å²) in [6.07, 6.45) is 1.84. The second-order valence-electron chi connectivity index (χ2n) is 24.3. The van der Waals surface area contributed by atoms with E-state index >= 15 is 0 Å². The molecule has 2 saturated heterocycles. The monoisotopic (exact) mass is 1330 g/mol. The number of alkyl halides is 3. The molecule has 24 heteroatoms. The summed E-state index contributed by atoms with van der Waals surface area (Å²) in [6, 6.07) is 37.1. The summed E-state index contributed by atoms with van der Waals surface area (Å²) in [5.41, 5.74) is -1.64. The standard InChI is InChI=1S/C66H80ClF3N6O10S3Si/c1-8-85-64(80)48-32-38-76(39-33-48)54-25-21-51(22-26-54)72-62(78)49-18-28-57(45-14-19-50(67)20-15-45)58(42-49)61(77)46-30-36-75(37-31-46)53-23-16-47(17-24-53)63(79)73-89(83,84)56-27-29-59(60(43-56)88(81,82)66(68,69)70)71-52(44-87-55-12-10-9-11-13-55)34-35-74(5)40-41-86-90(6,7)65(2,3)4/h9-29,42-43,46,48,52,61,71,77H,8,30-41,44H2,1-7H3,(H,72,78)(H,73,79)/t52-,61-/m1/s1. The molecule has 4 N–H and O–H groups in total. The Morgan fingerprint density at radius 1 is 0.767 bits per heavy atom. The van der Waals surface area contributed by atoms with Crippen LogP contribution in [0, 0.1) is 11.8 Å². The van der Waals surface area contributed by atoms with Gasteiger partial charge in [0.1, 0.15) is 4.90 Å². The van der Waals surface area contributed by atoms with Gasteiger partial charge in [-0.15, -0.1) is 11.8 Å². The van der Waals surface area contributed by atoms with E-state index in [1.807, 2.05) is 89.5 Å². The minimum absolute atomic E-state index is 0.00919. The maximum absolute atomic E-state index is 14.4. The SMILES string of the molecule is CCOC(=O)C1CCN(c2ccc(NC(=O)c3ccc(-c4ccc(Cl)cc4)c([C@H](O)C4CCN(c5ccc(C(=O)NS(=O)(=O)c6ccc(N[C@H](CCN(C)CCO[Si](C)(C)C(C)(C)C)CSc7ccccc7)c(S(=O)(=O)C(F)(F)F)c6)cc5)CC4)c3)cc2)CC1. The highest BCUT2D eigenvalue weighted by molar-refractivity contribution is 7.99. The lowest BCUT2D eigenvalue weighted by atomic mass is 9.83. The third-order valence-electron chi connectivity index (χ3n) is 17.1. The molecule has 0 spiro atoms. The number of aliphatic hydroxyl groups excluding tert-OH is 1. The molecular weight excluding hydrogens is 1250 g/mol. The Bertz CT molecular complexity index is 3660. The van der Waals surface area contributed by atoms with E-state index < -0.39 is 67.2 Å². The number of sulfonamides is 1. The third-order valence-corrected chi connectivity index (χ3v) is 25.9. The lowest BCUT2D eigenvalue weighted by Crippen LogP contribution is -2.42. The van der Waals surface area contributed by atoms with Crippen LogP contribution < -0.4 is 25.2 Å². The summed E-state index contributed by atoms with van der Waals surface area (Å²) in [6.45, 7) is 16.8. The lowest BCUT2D eigenvalue weighted by molar-refractivity contribution is -0.148. The number of rotatable bonds is 25. The Hall–Kier alpha value is -6.44. The summed E-state index contributed by atoms with van der Waals surface area (Å²) in [5.74, 6) is -1.66. The second kappa shape index (κ2) is 29.9. The van der Waals surface area contributed by atoms with E-state index in [0.29, 0.717) is 124 Å². The van der Waals surface area contributed by atoms with Crippen molar-refractivity contribution < 1.29 is 58.7 Å². The van der Waals surface area contributed by atoms with E-state index in [1.54, 1.807) is 43.3 Å². The molecule has 0 aliphatic carbocycles. The molecule has 2 atom stereocenters. The van der Waals surface area contributed by atoms with Crippen LogP contribution in [-0.2, 0) is 33.8 Å². The largest absolute Gasteiger partial charge is 0.501 e. The normalized spacial score (nSPS) is 15.5. The molecular formula is C66H80ClF3N6O10S3Si. The summed E-state index contributed by atoms with van der Waals surface area (Å²) >= 11 is 7.68. The number of likely N-dealkylation sites (N-methyl/N-ethyl adjacent to an activating group) is 1. The summed E-state index contributed by atoms with van der Waals surface area (Å²) in [4.78, 5) is 44.7. The number of anilines is 4. The predicted molar refractivity (Wildman–Crippen MR) is 353 cm³/mol. The Balaban J connectivity index is 0.912. The molecule has 0 bridgehead atoms. The number of amides is 2. The maximum atomic E-state index is 14.4. The number of halogens is 4. The number of esters is 1. The molecule has 0 radical (unpaired) electrons. The van der Waals surface area contributed by atoms with E-state index in [9.17, 15) is 49.5 Å². The molecule has 2 fully saturated rings. The smallest absolute Gasteiger partial charge is 0.466 e. The Kier molecular flexibility index (Phi) is 23.1. The van der Waals surface area contributed by atoms with Gasteiger partial charge in [-0.2, -0.15) is 13.2 Å². The fraction of sp³-hybridized carbons (Fsp3) is 0.409. The van der Waals surface area contributed by atoms with Crippen LogP contribution in [-0.4, -0.2) is 130 Å². The van der Waals surface area contributed by atoms with Crippen LogP contribution in [0.5, 0.6) is 0 Å². The molecule has 0 saturated carbocycles. The van der Waals surface area contributed by atoms with E-state index in [0.717, 1.165) is 33.8 Å². The van der Waals surface area contributed by atoms with Crippen LogP contribution in [0.1, 0.15) is 92.2 Å². The van der Waals surface area contributed by atoms with Gasteiger partial charge >= 0.3 is 11.5 Å². The zero-order valence-electron chi connectivity index (χ0n) is 51.7. The maximum Gasteiger partial charge on any atom is 0.501 e. The van der Waals surface area contributed by atoms with Gasteiger partial charge in [-0.05, 0) is 196 Å². The number of sulfone groups is 1. The van der Waals surface area contributed by atoms with Crippen molar-refractivity contribution in [1.29, 1.82) is 0 Å². The van der Waals surface area contributed by atoms with Crippen LogP contribution >= 0.6 is 23.4 Å². The first-order valence-corrected chi connectivity index (χ1v) is 37.3. The van der Waals surface area contributed by atoms with Crippen LogP contribution in [0.4, 0.5) is 35.9 Å². The molecule has 0 unspecified atom stereocenters. The van der Waals surface area contributed by atoms with Crippen LogP contribution in [0.2, 0.25) is 23.2 Å². The molecule has 8 rings (SSSR count). The van der Waals surface area contributed by atoms with Crippen molar-refractivity contribution in [2.45, 2.75) is 110 Å². The topological polar surface area (TPSA) is 204 Å². The minimum atomic E-state index is -6.14. The predicted octanol–water partition coefficient (Wildman–Crippen LogP) is 13.3. The van der Waals surface area contributed by atoms with Crippen molar-refractivity contribution in [3.63, 3.8) is 0 Å². The van der Waals surface area contributed by atoms with Gasteiger partial charge in [0, 0.05) is 89.2 Å². The number of thioether (sulfide) groups is 1. The van der Waals surface area contributed by atoms with Crippen LogP contribution in [0.25, 0.3) is 11.1 Å². The minimum Gasteiger partial charge on any atom is -0.466 e. The molecule has 2 aliphatic rings. The van der Waals surface area contributed by atoms with Gasteiger partial charge in [-0.1, -0.05) is 68.8 Å². The number of hydrogen-bond acceptors (Lipinski definition) is 15. The number of nitrogens with zero attached hydrogens (tertiary/aromatic N) is 3. The summed E-state index contributed by atoms with van der Waals surface area (Å²) in [5, 5.41) is 18.7. The van der Waals surface area contributed by atoms with Gasteiger partial charge < -0.3 is 39.6 Å². The molecule has 6 aromatic carbocycles. The number of hydrogen-bond donors (Lipinski definition) is 4. The van der Waals surface area contributed by atoms with Gasteiger partial charge in [-0.3, -0.25) is 14.4 Å². The van der Waals surface area contributed by atoms with Gasteiger partial charge in [0.15, 0.2) is 8.32 Å². The zero-order chi connectivity index (χ0) is 65.2. The van der Waals surface area contributed by atoms with E-state index in [2.05, 4.69) is 54.3 Å². The fourth-order valence-corrected chi connectivity index (χ4v) is 14.8. The third kappa shape index (κ3) is 17.8. The highest BCUT2D eigenvalue weighted by atomic mass is 35.5. The molecule has 16 nitrogen and oxygen atoms in total. The first-order chi connectivity index (χ1) is 42.5. The number of carbonyl (C=O) groups is 3. The number of ether oxygens (including phenoxy) is 1. The molecule has 2 heterocycles. The molecule has 2 aliphatic heterocycles. The van der Waals surface area contributed by atoms with E-state index in [-0.39, 0.29) is 34.3 Å². The highest BCUT2D eigenvalue weighted by Crippen LogP contribution is 2.41. The molecule has 6 aromatic rings. The molecule has 2 amide bonds. The van der Waals surface area contributed by atoms with E-state index in [4.69, 9.17) is 20.8 Å². The number of piperidine rings is 2. The summed E-state index contributed by atoms with van der Waals surface area (Å²) < 4.78 is 111. The van der Waals surface area contributed by atoms with Crippen molar-refractivity contribution in [3.8, 4) is 11.1 Å². The Morgan fingerprint density at radius 2 is 1.37 bits per heavy atom. The average Bonchev–Trinajstić information content (AvgIpc) is 0.821. The zero-order valence-corrected chi connectivity index (χ0v) is 55.9. The highest BCUT2D eigenvalue weighted by Gasteiger charge is 2.49.